The zero-order chi connectivity index (χ0) is 21.6. The molecule has 0 spiro atoms. The van der Waals surface area contributed by atoms with E-state index in [1.807, 2.05) is 12.1 Å². The van der Waals surface area contributed by atoms with E-state index in [-0.39, 0.29) is 27.0 Å². The van der Waals surface area contributed by atoms with E-state index < -0.39 is 17.0 Å². The topological polar surface area (TPSA) is 47.3 Å². The van der Waals surface area contributed by atoms with Crippen LogP contribution in [0.5, 0.6) is 0 Å². The lowest BCUT2D eigenvalue weighted by atomic mass is 9.86. The third-order valence-corrected chi connectivity index (χ3v) is 5.78. The monoisotopic (exact) mass is 441 g/mol. The number of Topliss-reactive ketones (excluding diaryl/α,β-unsaturated/α-hetero) is 1. The quantitative estimate of drug-likeness (QED) is 0.364. The summed E-state index contributed by atoms with van der Waals surface area (Å²) in [6, 6.07) is 8.16. The normalized spacial score (nSPS) is 13.7. The molecule has 9 heteroatoms. The second-order valence-corrected chi connectivity index (χ2v) is 9.42. The summed E-state index contributed by atoms with van der Waals surface area (Å²) in [6.07, 6.45) is -3.67. The summed E-state index contributed by atoms with van der Waals surface area (Å²) in [7, 11) is 0. The zero-order valence-electron chi connectivity index (χ0n) is 16.2. The minimum Gasteiger partial charge on any atom is -0.293 e. The summed E-state index contributed by atoms with van der Waals surface area (Å²) in [5, 5.41) is 7.20. The van der Waals surface area contributed by atoms with Crippen LogP contribution in [-0.4, -0.2) is 25.6 Å². The largest absolute Gasteiger partial charge is 0.417 e. The molecule has 0 bridgehead atoms. The van der Waals surface area contributed by atoms with Gasteiger partial charge in [0.1, 0.15) is 0 Å². The molecule has 0 unspecified atom stereocenters. The van der Waals surface area contributed by atoms with Crippen molar-refractivity contribution < 1.29 is 18.0 Å². The van der Waals surface area contributed by atoms with E-state index in [0.717, 1.165) is 29.6 Å². The van der Waals surface area contributed by atoms with Crippen molar-refractivity contribution in [3.05, 3.63) is 58.2 Å². The van der Waals surface area contributed by atoms with Gasteiger partial charge in [0, 0.05) is 11.8 Å². The third kappa shape index (κ3) is 4.59. The van der Waals surface area contributed by atoms with E-state index in [9.17, 15) is 18.0 Å². The molecule has 2 aromatic heterocycles. The lowest BCUT2D eigenvalue weighted by molar-refractivity contribution is -0.137. The number of carbonyl (C=O) groups is 1. The Morgan fingerprint density at radius 1 is 1.10 bits per heavy atom. The van der Waals surface area contributed by atoms with Crippen LogP contribution in [-0.2, 0) is 11.6 Å². The SMILES string of the molecule is C[C@H](Sc1nnc2c(Cl)cc(C(F)(F)F)cn12)C(=O)c1ccc(C(C)(C)C)cc1. The van der Waals surface area contributed by atoms with Crippen LogP contribution in [0.25, 0.3) is 5.65 Å². The maximum absolute atomic E-state index is 13.1. The minimum atomic E-state index is -4.56. The van der Waals surface area contributed by atoms with Crippen LogP contribution in [0.3, 0.4) is 0 Å². The molecule has 0 aliphatic rings. The van der Waals surface area contributed by atoms with Crippen LogP contribution >= 0.6 is 23.4 Å². The van der Waals surface area contributed by atoms with Crippen molar-refractivity contribution in [2.75, 3.05) is 0 Å². The Labute approximate surface area is 175 Å². The summed E-state index contributed by atoms with van der Waals surface area (Å²) < 4.78 is 40.4. The van der Waals surface area contributed by atoms with Crippen LogP contribution in [0.1, 0.15) is 49.2 Å². The molecule has 4 nitrogen and oxygen atoms in total. The molecule has 0 N–H and O–H groups in total. The summed E-state index contributed by atoms with van der Waals surface area (Å²) in [4.78, 5) is 12.8. The first-order valence-corrected chi connectivity index (χ1v) is 10.1. The number of fused-ring (bicyclic) bond motifs is 1. The van der Waals surface area contributed by atoms with Gasteiger partial charge >= 0.3 is 6.18 Å². The van der Waals surface area contributed by atoms with E-state index in [1.165, 1.54) is 4.40 Å². The number of aromatic nitrogens is 3. The second-order valence-electron chi connectivity index (χ2n) is 7.70. The number of thioether (sulfide) groups is 1. The van der Waals surface area contributed by atoms with Gasteiger partial charge in [0.15, 0.2) is 16.6 Å². The Balaban J connectivity index is 1.86. The van der Waals surface area contributed by atoms with Crippen LogP contribution in [0.2, 0.25) is 5.02 Å². The maximum Gasteiger partial charge on any atom is 0.417 e. The predicted octanol–water partition coefficient (Wildman–Crippen LogP) is 6.06. The number of benzene rings is 1. The fourth-order valence-electron chi connectivity index (χ4n) is 2.75. The lowest BCUT2D eigenvalue weighted by Crippen LogP contribution is -2.15. The van der Waals surface area contributed by atoms with Gasteiger partial charge in [-0.1, -0.05) is 68.4 Å². The first-order chi connectivity index (χ1) is 13.4. The van der Waals surface area contributed by atoms with Gasteiger partial charge < -0.3 is 0 Å². The van der Waals surface area contributed by atoms with E-state index in [2.05, 4.69) is 31.0 Å². The highest BCUT2D eigenvalue weighted by Crippen LogP contribution is 2.34. The van der Waals surface area contributed by atoms with Crippen molar-refractivity contribution in [2.24, 2.45) is 0 Å². The van der Waals surface area contributed by atoms with Crippen molar-refractivity contribution in [1.29, 1.82) is 0 Å². The highest BCUT2D eigenvalue weighted by atomic mass is 35.5. The van der Waals surface area contributed by atoms with Gasteiger partial charge in [-0.3, -0.25) is 9.20 Å². The number of ketones is 1. The Kier molecular flexibility index (Phi) is 5.71. The number of carbonyl (C=O) groups excluding carboxylic acids is 1. The molecular weight excluding hydrogens is 423 g/mol. The number of alkyl halides is 3. The summed E-state index contributed by atoms with van der Waals surface area (Å²) in [5.74, 6) is -0.148. The summed E-state index contributed by atoms with van der Waals surface area (Å²) >= 11 is 6.96. The average molecular weight is 442 g/mol. The van der Waals surface area contributed by atoms with Gasteiger partial charge in [0.25, 0.3) is 0 Å². The van der Waals surface area contributed by atoms with Gasteiger partial charge in [-0.05, 0) is 24.0 Å². The minimum absolute atomic E-state index is 0.0299. The van der Waals surface area contributed by atoms with E-state index in [0.29, 0.717) is 5.56 Å². The Bertz CT molecular complexity index is 1060. The van der Waals surface area contributed by atoms with Crippen molar-refractivity contribution >= 4 is 34.8 Å². The van der Waals surface area contributed by atoms with Gasteiger partial charge in [0.05, 0.1) is 15.8 Å². The molecule has 154 valence electrons. The van der Waals surface area contributed by atoms with Crippen LogP contribution in [0.4, 0.5) is 13.2 Å². The molecule has 2 heterocycles. The molecule has 1 atom stereocenters. The molecule has 1 aromatic carbocycles. The Morgan fingerprint density at radius 3 is 2.28 bits per heavy atom. The first-order valence-electron chi connectivity index (χ1n) is 8.81. The highest BCUT2D eigenvalue weighted by Gasteiger charge is 2.32. The number of nitrogens with zero attached hydrogens (tertiary/aromatic N) is 3. The summed E-state index contributed by atoms with van der Waals surface area (Å²) in [6.45, 7) is 7.93. The van der Waals surface area contributed by atoms with E-state index >= 15 is 0 Å². The van der Waals surface area contributed by atoms with Gasteiger partial charge in [-0.25, -0.2) is 0 Å². The molecule has 3 rings (SSSR count). The van der Waals surface area contributed by atoms with Crippen LogP contribution in [0, 0.1) is 0 Å². The molecule has 0 radical (unpaired) electrons. The van der Waals surface area contributed by atoms with Crippen molar-refractivity contribution in [2.45, 2.75) is 49.7 Å². The first kappa shape index (κ1) is 21.6. The maximum atomic E-state index is 13.1. The zero-order valence-corrected chi connectivity index (χ0v) is 17.8. The molecule has 0 aliphatic heterocycles. The number of pyridine rings is 1. The Hall–Kier alpha value is -2.06. The van der Waals surface area contributed by atoms with Crippen molar-refractivity contribution in [3.63, 3.8) is 0 Å². The van der Waals surface area contributed by atoms with Crippen molar-refractivity contribution in [3.8, 4) is 0 Å². The summed E-state index contributed by atoms with van der Waals surface area (Å²) in [5.41, 5.74) is 0.801. The number of hydrogen-bond acceptors (Lipinski definition) is 4. The number of rotatable bonds is 4. The second kappa shape index (κ2) is 7.65. The van der Waals surface area contributed by atoms with Gasteiger partial charge in [-0.2, -0.15) is 13.2 Å². The molecule has 0 aliphatic carbocycles. The standard InChI is InChI=1S/C20H19ClF3N3OS/c1-11(16(28)12-5-7-13(8-6-12)19(2,3)4)29-18-26-25-17-15(21)9-14(10-27(17)18)20(22,23)24/h5-11H,1-4H3/t11-/m0/s1. The number of halogens is 4. The molecule has 29 heavy (non-hydrogen) atoms. The third-order valence-electron chi connectivity index (χ3n) is 4.44. The molecular formula is C20H19ClF3N3OS. The fourth-order valence-corrected chi connectivity index (χ4v) is 3.90. The fraction of sp³-hybridized carbons (Fsp3) is 0.350. The van der Waals surface area contributed by atoms with E-state index in [4.69, 9.17) is 11.6 Å². The van der Waals surface area contributed by atoms with Crippen molar-refractivity contribution in [1.82, 2.24) is 14.6 Å². The molecule has 0 saturated carbocycles. The molecule has 0 amide bonds. The van der Waals surface area contributed by atoms with E-state index in [1.54, 1.807) is 19.1 Å². The average Bonchev–Trinajstić information content (AvgIpc) is 3.03. The van der Waals surface area contributed by atoms with Crippen LogP contribution < -0.4 is 0 Å². The lowest BCUT2D eigenvalue weighted by Gasteiger charge is -2.19. The molecule has 3 aromatic rings. The van der Waals surface area contributed by atoms with Gasteiger partial charge in [0.2, 0.25) is 0 Å². The predicted molar refractivity (Wildman–Crippen MR) is 108 cm³/mol. The molecule has 0 fully saturated rings. The molecule has 0 saturated heterocycles. The number of hydrogen-bond donors (Lipinski definition) is 0. The van der Waals surface area contributed by atoms with Crippen LogP contribution in [0.15, 0.2) is 41.7 Å². The highest BCUT2D eigenvalue weighted by molar-refractivity contribution is 8.00. The Morgan fingerprint density at radius 2 is 1.72 bits per heavy atom. The van der Waals surface area contributed by atoms with Gasteiger partial charge in [-0.15, -0.1) is 10.2 Å². The smallest absolute Gasteiger partial charge is 0.293 e.